The lowest BCUT2D eigenvalue weighted by atomic mass is 9.90. The molecule has 0 spiro atoms. The van der Waals surface area contributed by atoms with Gasteiger partial charge in [0.25, 0.3) is 5.69 Å². The van der Waals surface area contributed by atoms with Gasteiger partial charge >= 0.3 is 5.97 Å². The molecule has 0 bridgehead atoms. The van der Waals surface area contributed by atoms with Gasteiger partial charge in [-0.05, 0) is 17.7 Å². The molecule has 2 aromatic carbocycles. The van der Waals surface area contributed by atoms with Gasteiger partial charge in [0.05, 0.1) is 18.6 Å². The molecule has 0 amide bonds. The Hall–Kier alpha value is -2.45. The highest BCUT2D eigenvalue weighted by Crippen LogP contribution is 2.34. The summed E-state index contributed by atoms with van der Waals surface area (Å²) in [6.07, 6.45) is 0. The Bertz CT molecular complexity index is 753. The number of methoxy groups -OCH3 is 1. The molecule has 2 aromatic rings. The van der Waals surface area contributed by atoms with Crippen LogP contribution in [-0.2, 0) is 15.1 Å². The zero-order chi connectivity index (χ0) is 17.7. The Morgan fingerprint density at radius 3 is 2.54 bits per heavy atom. The second kappa shape index (κ2) is 7.41. The smallest absolute Gasteiger partial charge is 0.338 e. The lowest BCUT2D eigenvalue weighted by molar-refractivity contribution is -0.384. The van der Waals surface area contributed by atoms with E-state index < -0.39 is 23.0 Å². The van der Waals surface area contributed by atoms with Crippen molar-refractivity contribution >= 4 is 33.3 Å². The van der Waals surface area contributed by atoms with Gasteiger partial charge in [0.2, 0.25) is 0 Å². The first-order valence-corrected chi connectivity index (χ1v) is 7.71. The first kappa shape index (κ1) is 17.9. The van der Waals surface area contributed by atoms with Gasteiger partial charge in [0.1, 0.15) is 5.69 Å². The number of hydrogen-bond donors (Lipinski definition) is 2. The lowest BCUT2D eigenvalue weighted by Crippen LogP contribution is -2.47. The second-order valence-corrected chi connectivity index (χ2v) is 5.88. The summed E-state index contributed by atoms with van der Waals surface area (Å²) < 4.78 is 5.34. The third kappa shape index (κ3) is 3.39. The zero-order valence-electron chi connectivity index (χ0n) is 12.7. The summed E-state index contributed by atoms with van der Waals surface area (Å²) in [4.78, 5) is 23.1. The molecule has 1 unspecified atom stereocenters. The lowest BCUT2D eigenvalue weighted by Gasteiger charge is -2.31. The number of aliphatic hydroxyl groups excluding tert-OH is 1. The van der Waals surface area contributed by atoms with E-state index in [4.69, 9.17) is 4.74 Å². The van der Waals surface area contributed by atoms with Crippen LogP contribution in [0.5, 0.6) is 0 Å². The first-order valence-electron chi connectivity index (χ1n) is 6.91. The van der Waals surface area contributed by atoms with Gasteiger partial charge in [-0.3, -0.25) is 10.1 Å². The molecule has 126 valence electrons. The molecule has 8 heteroatoms. The van der Waals surface area contributed by atoms with Crippen LogP contribution in [0.15, 0.2) is 53.0 Å². The fraction of sp³-hybridized carbons (Fsp3) is 0.188. The monoisotopic (exact) mass is 394 g/mol. The molecule has 0 fully saturated rings. The molecular weight excluding hydrogens is 380 g/mol. The van der Waals surface area contributed by atoms with E-state index >= 15 is 0 Å². The largest absolute Gasteiger partial charge is 0.467 e. The highest BCUT2D eigenvalue weighted by atomic mass is 79.9. The quantitative estimate of drug-likeness (QED) is 0.443. The van der Waals surface area contributed by atoms with Crippen molar-refractivity contribution in [3.63, 3.8) is 0 Å². The van der Waals surface area contributed by atoms with Gasteiger partial charge in [-0.15, -0.1) is 0 Å². The number of nitro benzene ring substituents is 1. The van der Waals surface area contributed by atoms with E-state index in [1.165, 1.54) is 19.2 Å². The number of carbonyl (C=O) groups excluding carboxylic acids is 1. The summed E-state index contributed by atoms with van der Waals surface area (Å²) in [6.45, 7) is -0.642. The zero-order valence-corrected chi connectivity index (χ0v) is 14.3. The number of anilines is 1. The molecule has 0 aliphatic carbocycles. The minimum atomic E-state index is -1.66. The topological polar surface area (TPSA) is 102 Å². The molecule has 1 atom stereocenters. The maximum absolute atomic E-state index is 12.4. The summed E-state index contributed by atoms with van der Waals surface area (Å²) >= 11 is 3.18. The van der Waals surface area contributed by atoms with E-state index in [0.29, 0.717) is 10.0 Å². The molecule has 0 saturated carbocycles. The van der Waals surface area contributed by atoms with Crippen molar-refractivity contribution in [2.24, 2.45) is 0 Å². The van der Waals surface area contributed by atoms with Crippen molar-refractivity contribution < 1.29 is 19.6 Å². The number of nitrogens with zero attached hydrogens (tertiary/aromatic N) is 1. The predicted octanol–water partition coefficient (Wildman–Crippen LogP) is 2.83. The van der Waals surface area contributed by atoms with Crippen LogP contribution in [0.1, 0.15) is 5.56 Å². The SMILES string of the molecule is COC(=O)C(CO)(Nc1ccc(Br)cc1[N+](=O)[O-])c1ccccc1. The van der Waals surface area contributed by atoms with Crippen molar-refractivity contribution in [2.75, 3.05) is 19.0 Å². The number of halogens is 1. The fourth-order valence-electron chi connectivity index (χ4n) is 2.32. The number of carbonyl (C=O) groups is 1. The average Bonchev–Trinajstić information content (AvgIpc) is 2.60. The number of hydrogen-bond acceptors (Lipinski definition) is 6. The normalized spacial score (nSPS) is 13.0. The van der Waals surface area contributed by atoms with Gasteiger partial charge in [-0.1, -0.05) is 46.3 Å². The van der Waals surface area contributed by atoms with Crippen LogP contribution in [-0.4, -0.2) is 29.7 Å². The number of rotatable bonds is 6. The minimum Gasteiger partial charge on any atom is -0.467 e. The second-order valence-electron chi connectivity index (χ2n) is 4.96. The molecule has 0 aromatic heterocycles. The average molecular weight is 395 g/mol. The standard InChI is InChI=1S/C16H15BrN2O5/c1-24-15(21)16(10-20,11-5-3-2-4-6-11)18-13-8-7-12(17)9-14(13)19(22)23/h2-9,18,20H,10H2,1H3. The van der Waals surface area contributed by atoms with E-state index in [1.807, 2.05) is 0 Å². The molecule has 0 heterocycles. The summed E-state index contributed by atoms with van der Waals surface area (Å²) in [5.74, 6) is -0.756. The molecule has 2 rings (SSSR count). The minimum absolute atomic E-state index is 0.0894. The predicted molar refractivity (Wildman–Crippen MR) is 91.6 cm³/mol. The highest BCUT2D eigenvalue weighted by molar-refractivity contribution is 9.10. The van der Waals surface area contributed by atoms with Crippen LogP contribution in [0.4, 0.5) is 11.4 Å². The summed E-state index contributed by atoms with van der Waals surface area (Å²) in [5, 5.41) is 24.0. The fourth-order valence-corrected chi connectivity index (χ4v) is 2.67. The van der Waals surface area contributed by atoms with Crippen molar-refractivity contribution in [3.05, 3.63) is 68.7 Å². The van der Waals surface area contributed by atoms with Crippen molar-refractivity contribution in [1.82, 2.24) is 0 Å². The highest BCUT2D eigenvalue weighted by Gasteiger charge is 2.42. The molecule has 24 heavy (non-hydrogen) atoms. The molecule has 0 radical (unpaired) electrons. The van der Waals surface area contributed by atoms with Gasteiger partial charge in [0, 0.05) is 10.5 Å². The summed E-state index contributed by atoms with van der Waals surface area (Å²) in [5.41, 5.74) is -1.38. The molecule has 7 nitrogen and oxygen atoms in total. The number of aliphatic hydroxyl groups is 1. The molecule has 0 saturated heterocycles. The van der Waals surface area contributed by atoms with E-state index in [1.54, 1.807) is 36.4 Å². The Kier molecular flexibility index (Phi) is 5.53. The summed E-state index contributed by atoms with van der Waals surface area (Å²) in [7, 11) is 1.19. The Morgan fingerprint density at radius 1 is 1.33 bits per heavy atom. The van der Waals surface area contributed by atoms with Crippen molar-refractivity contribution in [3.8, 4) is 0 Å². The Labute approximate surface area is 146 Å². The Balaban J connectivity index is 2.59. The third-order valence-corrected chi connectivity index (χ3v) is 4.04. The number of nitro groups is 1. The van der Waals surface area contributed by atoms with Crippen molar-refractivity contribution in [1.29, 1.82) is 0 Å². The number of ether oxygens (including phenoxy) is 1. The number of esters is 1. The van der Waals surface area contributed by atoms with Crippen molar-refractivity contribution in [2.45, 2.75) is 5.54 Å². The third-order valence-electron chi connectivity index (χ3n) is 3.54. The maximum Gasteiger partial charge on any atom is 0.338 e. The van der Waals surface area contributed by atoms with Crippen LogP contribution >= 0.6 is 15.9 Å². The number of nitrogens with one attached hydrogen (secondary N) is 1. The molecular formula is C16H15BrN2O5. The molecule has 0 aliphatic rings. The van der Waals surface area contributed by atoms with Crippen LogP contribution in [0.25, 0.3) is 0 Å². The first-order chi connectivity index (χ1) is 11.4. The van der Waals surface area contributed by atoms with Crippen LogP contribution < -0.4 is 5.32 Å². The van der Waals surface area contributed by atoms with Gasteiger partial charge in [0.15, 0.2) is 5.54 Å². The van der Waals surface area contributed by atoms with E-state index in [0.717, 1.165) is 0 Å². The van der Waals surface area contributed by atoms with Gasteiger partial charge in [-0.2, -0.15) is 0 Å². The van der Waals surface area contributed by atoms with Crippen LogP contribution in [0.2, 0.25) is 0 Å². The van der Waals surface area contributed by atoms with E-state index in [2.05, 4.69) is 21.2 Å². The maximum atomic E-state index is 12.4. The Morgan fingerprint density at radius 2 is 2.00 bits per heavy atom. The van der Waals surface area contributed by atoms with E-state index in [9.17, 15) is 20.0 Å². The van der Waals surface area contributed by atoms with Crippen LogP contribution in [0.3, 0.4) is 0 Å². The molecule has 0 aliphatic heterocycles. The van der Waals surface area contributed by atoms with Gasteiger partial charge < -0.3 is 15.2 Å². The number of benzene rings is 2. The summed E-state index contributed by atoms with van der Waals surface area (Å²) in [6, 6.07) is 12.8. The van der Waals surface area contributed by atoms with E-state index in [-0.39, 0.29) is 11.4 Å². The molecule has 2 N–H and O–H groups in total. The van der Waals surface area contributed by atoms with Gasteiger partial charge in [-0.25, -0.2) is 4.79 Å². The van der Waals surface area contributed by atoms with Crippen LogP contribution in [0, 0.1) is 10.1 Å².